The summed E-state index contributed by atoms with van der Waals surface area (Å²) in [6.45, 7) is 23.5. The first-order valence-electron chi connectivity index (χ1n) is 26.9. The van der Waals surface area contributed by atoms with Crippen LogP contribution in [0.15, 0.2) is 36.4 Å². The largest absolute Gasteiger partial charge is 0.366 e. The molecule has 0 aliphatic heterocycles. The summed E-state index contributed by atoms with van der Waals surface area (Å²) in [6.07, 6.45) is 6.46. The van der Waals surface area contributed by atoms with E-state index in [0.29, 0.717) is 55.6 Å². The van der Waals surface area contributed by atoms with Gasteiger partial charge in [-0.25, -0.2) is 0 Å². The van der Waals surface area contributed by atoms with Gasteiger partial charge in [0.25, 0.3) is 0 Å². The maximum absolute atomic E-state index is 14.5. The normalized spacial score (nSPS) is 15.0. The number of amides is 6. The van der Waals surface area contributed by atoms with Gasteiger partial charge in [0.2, 0.25) is 35.4 Å². The summed E-state index contributed by atoms with van der Waals surface area (Å²) in [5.41, 5.74) is 27.7. The Hall–Kier alpha value is -5.64. The second-order valence-electron chi connectivity index (χ2n) is 24.1. The minimum Gasteiger partial charge on any atom is -0.366 e. The van der Waals surface area contributed by atoms with E-state index in [0.717, 1.165) is 128 Å². The lowest BCUT2D eigenvalue weighted by Gasteiger charge is -2.46. The molecule has 0 radical (unpaired) electrons. The fourth-order valence-electron chi connectivity index (χ4n) is 10.5. The number of rotatable bonds is 27. The van der Waals surface area contributed by atoms with Gasteiger partial charge in [-0.1, -0.05) is 74.4 Å². The van der Waals surface area contributed by atoms with Crippen molar-refractivity contribution in [1.82, 2.24) is 30.7 Å². The molecule has 0 heterocycles. The summed E-state index contributed by atoms with van der Waals surface area (Å²) in [7, 11) is 6.26. The van der Waals surface area contributed by atoms with Gasteiger partial charge >= 0.3 is 0 Å². The van der Waals surface area contributed by atoms with E-state index in [9.17, 15) is 28.8 Å². The lowest BCUT2D eigenvalue weighted by Crippen LogP contribution is -2.36. The van der Waals surface area contributed by atoms with Crippen LogP contribution in [0.4, 0.5) is 0 Å². The van der Waals surface area contributed by atoms with E-state index in [1.165, 1.54) is 0 Å². The van der Waals surface area contributed by atoms with Crippen LogP contribution < -0.4 is 33.2 Å². The second-order valence-corrected chi connectivity index (χ2v) is 24.1. The first-order valence-corrected chi connectivity index (χ1v) is 26.9. The van der Waals surface area contributed by atoms with Crippen molar-refractivity contribution in [2.45, 2.75) is 132 Å². The van der Waals surface area contributed by atoms with Crippen LogP contribution in [0, 0.1) is 16.2 Å². The van der Waals surface area contributed by atoms with Gasteiger partial charge in [-0.05, 0) is 193 Å². The molecule has 406 valence electrons. The number of carbonyl (C=O) groups is 6. The minimum atomic E-state index is -0.533. The highest BCUT2D eigenvalue weighted by Crippen LogP contribution is 2.59. The van der Waals surface area contributed by atoms with Gasteiger partial charge in [0, 0.05) is 64.4 Å². The molecule has 0 saturated carbocycles. The van der Waals surface area contributed by atoms with Crippen molar-refractivity contribution in [1.29, 1.82) is 0 Å². The monoisotopic (exact) mass is 1020 g/mol. The van der Waals surface area contributed by atoms with Crippen LogP contribution in [-0.2, 0) is 33.6 Å². The molecule has 74 heavy (non-hydrogen) atoms. The number of primary amides is 3. The van der Waals surface area contributed by atoms with Gasteiger partial charge < -0.3 is 47.9 Å². The van der Waals surface area contributed by atoms with Crippen molar-refractivity contribution in [3.8, 4) is 0 Å². The fourth-order valence-corrected chi connectivity index (χ4v) is 10.5. The molecule has 2 atom stereocenters. The summed E-state index contributed by atoms with van der Waals surface area (Å²) < 4.78 is 0. The van der Waals surface area contributed by atoms with Crippen molar-refractivity contribution in [3.63, 3.8) is 0 Å². The molecule has 15 heteroatoms. The van der Waals surface area contributed by atoms with Crippen molar-refractivity contribution < 1.29 is 28.8 Å². The van der Waals surface area contributed by atoms with Crippen LogP contribution in [0.1, 0.15) is 194 Å². The number of benzene rings is 3. The van der Waals surface area contributed by atoms with Gasteiger partial charge in [-0.2, -0.15) is 0 Å². The molecule has 3 aliphatic rings. The molecule has 9 N–H and O–H groups in total. The molecule has 6 amide bonds. The van der Waals surface area contributed by atoms with Crippen LogP contribution in [0.25, 0.3) is 0 Å². The van der Waals surface area contributed by atoms with Gasteiger partial charge in [-0.3, -0.25) is 28.8 Å². The Morgan fingerprint density at radius 2 is 0.743 bits per heavy atom. The Labute approximate surface area is 441 Å². The van der Waals surface area contributed by atoms with Gasteiger partial charge in [0.15, 0.2) is 0 Å². The Morgan fingerprint density at radius 3 is 1.07 bits per heavy atom. The van der Waals surface area contributed by atoms with E-state index in [1.807, 2.05) is 86.6 Å². The van der Waals surface area contributed by atoms with Crippen molar-refractivity contribution in [3.05, 3.63) is 103 Å². The Bertz CT molecular complexity index is 2530. The highest BCUT2D eigenvalue weighted by atomic mass is 16.2. The molecule has 3 aromatic carbocycles. The van der Waals surface area contributed by atoms with Gasteiger partial charge in [0.1, 0.15) is 0 Å². The average molecular weight is 1020 g/mol. The Morgan fingerprint density at radius 1 is 0.432 bits per heavy atom. The highest BCUT2D eigenvalue weighted by Gasteiger charge is 2.46. The summed E-state index contributed by atoms with van der Waals surface area (Å²) in [5, 5.41) is 9.18. The fraction of sp³-hybridized carbons (Fsp3) is 0.593. The van der Waals surface area contributed by atoms with Crippen LogP contribution >= 0.6 is 0 Å². The molecule has 3 aliphatic carbocycles. The maximum Gasteiger partial charge on any atom is 0.249 e. The van der Waals surface area contributed by atoms with Crippen LogP contribution in [0.3, 0.4) is 0 Å². The quantitative estimate of drug-likeness (QED) is 0.0328. The molecule has 2 unspecified atom stereocenters. The van der Waals surface area contributed by atoms with Crippen molar-refractivity contribution >= 4 is 35.4 Å². The first-order chi connectivity index (χ1) is 34.6. The van der Waals surface area contributed by atoms with Crippen molar-refractivity contribution in [2.24, 2.45) is 33.4 Å². The predicted octanol–water partition coefficient (Wildman–Crippen LogP) is 6.22. The molecule has 3 aromatic rings. The summed E-state index contributed by atoms with van der Waals surface area (Å²) in [6, 6.07) is 11.4. The summed E-state index contributed by atoms with van der Waals surface area (Å²) in [4.78, 5) is 84.6. The maximum atomic E-state index is 14.5. The Kier molecular flexibility index (Phi) is 20.2. The molecule has 15 nitrogen and oxygen atoms in total. The number of nitrogens with zero attached hydrogens (tertiary/aromatic N) is 3. The zero-order valence-corrected chi connectivity index (χ0v) is 46.9. The van der Waals surface area contributed by atoms with Crippen LogP contribution in [0.5, 0.6) is 0 Å². The molecule has 0 fully saturated rings. The molecular formula is C59H89N9O6. The standard InChI is InChI=1S/C59H89N9O6/c1-57(2,3)54(72)63-26-16-32-66(10)29-13-19-39-40(20-14-30-67(11)33-17-27-64-55(73)58(4,5)6)49-46-41-24-22-38(52(61)70)36-45(41)47(42-25-23-37(51(60)69)35-44(42)46)50(49)43(48(39)53(62)71)21-15-31-68(12)34-18-28-65-56(74)59(7,8)9/h22-25,35-36,46-47H,13-21,26-34H2,1-12H3,(H2,60,69)(H2,61,70)(H2,62,71)(H,63,72)(H,64,73)(H,65,74). The highest BCUT2D eigenvalue weighted by molar-refractivity contribution is 5.99. The number of hydrogen-bond donors (Lipinski definition) is 6. The zero-order valence-electron chi connectivity index (χ0n) is 46.9. The average Bonchev–Trinajstić information content (AvgIpc) is 3.31. The van der Waals surface area contributed by atoms with Crippen LogP contribution in [0.2, 0.25) is 0 Å². The van der Waals surface area contributed by atoms with Crippen molar-refractivity contribution in [2.75, 3.05) is 80.0 Å². The number of hydrogen-bond acceptors (Lipinski definition) is 9. The van der Waals surface area contributed by atoms with Gasteiger partial charge in [0.05, 0.1) is 0 Å². The molecule has 6 rings (SSSR count). The topological polar surface area (TPSA) is 226 Å². The number of nitrogens with one attached hydrogen (secondary N) is 3. The lowest BCUT2D eigenvalue weighted by molar-refractivity contribution is -0.129. The number of carbonyl (C=O) groups excluding carboxylic acids is 6. The smallest absolute Gasteiger partial charge is 0.249 e. The first kappa shape index (κ1) is 59.2. The second kappa shape index (κ2) is 25.3. The van der Waals surface area contributed by atoms with E-state index in [1.54, 1.807) is 12.1 Å². The van der Waals surface area contributed by atoms with E-state index in [4.69, 9.17) is 17.2 Å². The molecular weight excluding hydrogens is 931 g/mol. The third-order valence-corrected chi connectivity index (χ3v) is 14.7. The molecule has 0 spiro atoms. The third kappa shape index (κ3) is 15.0. The molecule has 2 bridgehead atoms. The van der Waals surface area contributed by atoms with Crippen LogP contribution in [-0.4, -0.2) is 130 Å². The van der Waals surface area contributed by atoms with E-state index < -0.39 is 34.0 Å². The third-order valence-electron chi connectivity index (χ3n) is 14.7. The predicted molar refractivity (Wildman–Crippen MR) is 295 cm³/mol. The summed E-state index contributed by atoms with van der Waals surface area (Å²) >= 11 is 0. The van der Waals surface area contributed by atoms with Gasteiger partial charge in [-0.15, -0.1) is 0 Å². The number of nitrogens with two attached hydrogens (primary N) is 3. The molecule has 0 saturated heterocycles. The molecule has 0 aromatic heterocycles. The lowest BCUT2D eigenvalue weighted by atomic mass is 9.57. The Balaban J connectivity index is 1.59. The van der Waals surface area contributed by atoms with E-state index in [-0.39, 0.29) is 29.6 Å². The SMILES string of the molecule is CN(CCCNC(=O)C(C)(C)C)CCCc1c(CCCN(C)CCCNC(=O)C(C)(C)C)c2c(c(CCCN(C)CCCNC(=O)C(C)(C)C)c1C(N)=O)C1c3ccc(C(N)=O)cc3C2c2ccc(C(N)=O)cc21. The summed E-state index contributed by atoms with van der Waals surface area (Å²) in [5.74, 6) is -2.18. The zero-order chi connectivity index (χ0) is 54.9. The van der Waals surface area contributed by atoms with E-state index in [2.05, 4.69) is 51.8 Å². The minimum absolute atomic E-state index is 0.0213. The van der Waals surface area contributed by atoms with E-state index >= 15 is 0 Å².